The number of carbonyl (C=O) groups is 1. The van der Waals surface area contributed by atoms with Crippen molar-refractivity contribution in [1.29, 1.82) is 0 Å². The third kappa shape index (κ3) is 2.97. The van der Waals surface area contributed by atoms with Crippen molar-refractivity contribution in [2.45, 2.75) is 0 Å². The van der Waals surface area contributed by atoms with E-state index in [1.165, 1.54) is 0 Å². The van der Waals surface area contributed by atoms with Crippen molar-refractivity contribution < 1.29 is 4.79 Å². The number of fused-ring (bicyclic) bond motifs is 1. The van der Waals surface area contributed by atoms with Gasteiger partial charge in [0.15, 0.2) is 0 Å². The van der Waals surface area contributed by atoms with Crippen LogP contribution in [-0.2, 0) is 0 Å². The van der Waals surface area contributed by atoms with Gasteiger partial charge in [0.25, 0.3) is 0 Å². The highest BCUT2D eigenvalue weighted by atomic mass is 16.1. The Bertz CT molecular complexity index is 1230. The number of rotatable bonds is 4. The summed E-state index contributed by atoms with van der Waals surface area (Å²) >= 11 is 0. The van der Waals surface area contributed by atoms with Crippen LogP contribution < -0.4 is 4.90 Å². The Morgan fingerprint density at radius 3 is 2.24 bits per heavy atom. The van der Waals surface area contributed by atoms with Crippen LogP contribution in [0.2, 0.25) is 0 Å². The Morgan fingerprint density at radius 1 is 0.793 bits per heavy atom. The fraction of sp³-hybridized carbons (Fsp3) is 0.0385. The predicted molar refractivity (Wildman–Crippen MR) is 118 cm³/mol. The molecule has 0 bridgehead atoms. The van der Waals surface area contributed by atoms with Crippen molar-refractivity contribution >= 4 is 17.0 Å². The summed E-state index contributed by atoms with van der Waals surface area (Å²) in [5.41, 5.74) is 5.45. The van der Waals surface area contributed by atoms with Crippen LogP contribution in [0.1, 0.15) is 16.1 Å². The number of benzene rings is 2. The maximum absolute atomic E-state index is 13.7. The Kier molecular flexibility index (Phi) is 4.34. The number of hydrogen-bond acceptors (Lipinski definition) is 2. The lowest BCUT2D eigenvalue weighted by atomic mass is 9.98. The topological polar surface area (TPSA) is 24.7 Å². The van der Waals surface area contributed by atoms with Crippen molar-refractivity contribution in [2.75, 3.05) is 11.4 Å². The first-order chi connectivity index (χ1) is 14.3. The van der Waals surface area contributed by atoms with Gasteiger partial charge in [0, 0.05) is 30.1 Å². The minimum Gasteiger partial charge on any atom is -0.342 e. The minimum atomic E-state index is 0.0217. The molecule has 2 aromatic carbocycles. The molecule has 0 aliphatic carbocycles. The van der Waals surface area contributed by atoms with Crippen LogP contribution in [0.25, 0.3) is 16.6 Å². The molecule has 0 unspecified atom stereocenters. The smallest absolute Gasteiger partial charge is 0.210 e. The molecule has 0 fully saturated rings. The molecule has 0 atom stereocenters. The standard InChI is InChI=1S/C26H20N2O/c29-26(21-14-6-2-7-15-21)25-23(20-12-4-1-5-13-20)24(27-17-9-3-10-18-27)22-16-8-11-19-28(22)25/h1-17,19H,18H2. The highest BCUT2D eigenvalue weighted by Gasteiger charge is 2.27. The maximum atomic E-state index is 13.7. The molecule has 0 amide bonds. The lowest BCUT2D eigenvalue weighted by molar-refractivity contribution is 0.103. The molecule has 4 aromatic rings. The fourth-order valence-electron chi connectivity index (χ4n) is 3.94. The second-order valence-electron chi connectivity index (χ2n) is 7.01. The Morgan fingerprint density at radius 2 is 1.52 bits per heavy atom. The van der Waals surface area contributed by atoms with E-state index in [2.05, 4.69) is 35.4 Å². The number of aromatic nitrogens is 1. The molecular weight excluding hydrogens is 356 g/mol. The van der Waals surface area contributed by atoms with Gasteiger partial charge in [-0.15, -0.1) is 0 Å². The maximum Gasteiger partial charge on any atom is 0.210 e. The van der Waals surface area contributed by atoms with Crippen molar-refractivity contribution in [1.82, 2.24) is 4.40 Å². The van der Waals surface area contributed by atoms with Crippen molar-refractivity contribution in [3.63, 3.8) is 0 Å². The van der Waals surface area contributed by atoms with Crippen LogP contribution in [0.3, 0.4) is 0 Å². The van der Waals surface area contributed by atoms with Crippen molar-refractivity contribution in [3.8, 4) is 11.1 Å². The average Bonchev–Trinajstić information content (AvgIpc) is 3.15. The van der Waals surface area contributed by atoms with Crippen LogP contribution in [0.4, 0.5) is 5.69 Å². The van der Waals surface area contributed by atoms with Gasteiger partial charge in [0.1, 0.15) is 5.69 Å². The summed E-state index contributed by atoms with van der Waals surface area (Å²) in [7, 11) is 0. The summed E-state index contributed by atoms with van der Waals surface area (Å²) in [6.07, 6.45) is 10.3. The third-order valence-corrected chi connectivity index (χ3v) is 5.23. The molecule has 0 saturated carbocycles. The van der Waals surface area contributed by atoms with Gasteiger partial charge in [-0.3, -0.25) is 4.79 Å². The van der Waals surface area contributed by atoms with E-state index in [4.69, 9.17) is 0 Å². The first kappa shape index (κ1) is 17.3. The lowest BCUT2D eigenvalue weighted by Crippen LogP contribution is -2.18. The Labute approximate surface area is 169 Å². The van der Waals surface area contributed by atoms with Gasteiger partial charge in [-0.1, -0.05) is 78.9 Å². The highest BCUT2D eigenvalue weighted by molar-refractivity contribution is 6.16. The van der Waals surface area contributed by atoms with E-state index in [1.54, 1.807) is 0 Å². The molecule has 140 valence electrons. The molecule has 0 N–H and O–H groups in total. The molecule has 29 heavy (non-hydrogen) atoms. The number of pyridine rings is 1. The molecular formula is C26H20N2O. The van der Waals surface area contributed by atoms with Gasteiger partial charge in [-0.25, -0.2) is 0 Å². The Hall–Kier alpha value is -3.85. The predicted octanol–water partition coefficient (Wildman–Crippen LogP) is 5.73. The van der Waals surface area contributed by atoms with E-state index in [9.17, 15) is 4.79 Å². The van der Waals surface area contributed by atoms with Crippen LogP contribution >= 0.6 is 0 Å². The third-order valence-electron chi connectivity index (χ3n) is 5.23. The summed E-state index contributed by atoms with van der Waals surface area (Å²) in [5.74, 6) is 0.0217. The van der Waals surface area contributed by atoms with Crippen LogP contribution in [0.5, 0.6) is 0 Å². The molecule has 0 saturated heterocycles. The molecule has 1 aliphatic heterocycles. The molecule has 3 heterocycles. The molecule has 3 heteroatoms. The van der Waals surface area contributed by atoms with Gasteiger partial charge in [0.2, 0.25) is 5.78 Å². The van der Waals surface area contributed by atoms with E-state index in [0.717, 1.165) is 28.9 Å². The fourth-order valence-corrected chi connectivity index (χ4v) is 3.94. The minimum absolute atomic E-state index is 0.0217. The number of carbonyl (C=O) groups excluding carboxylic acids is 1. The molecule has 0 radical (unpaired) electrons. The zero-order chi connectivity index (χ0) is 19.6. The van der Waals surface area contributed by atoms with E-state index in [-0.39, 0.29) is 5.78 Å². The molecule has 2 aromatic heterocycles. The van der Waals surface area contributed by atoms with Crippen LogP contribution in [0.15, 0.2) is 109 Å². The van der Waals surface area contributed by atoms with E-state index in [1.807, 2.05) is 83.4 Å². The van der Waals surface area contributed by atoms with E-state index >= 15 is 0 Å². The van der Waals surface area contributed by atoms with Gasteiger partial charge in [0.05, 0.1) is 11.2 Å². The second kappa shape index (κ2) is 7.28. The summed E-state index contributed by atoms with van der Waals surface area (Å²) in [5, 5.41) is 0. The zero-order valence-corrected chi connectivity index (χ0v) is 15.9. The monoisotopic (exact) mass is 376 g/mol. The normalized spacial score (nSPS) is 13.2. The number of hydrogen-bond donors (Lipinski definition) is 0. The molecule has 0 spiro atoms. The first-order valence-corrected chi connectivity index (χ1v) is 9.73. The largest absolute Gasteiger partial charge is 0.342 e. The summed E-state index contributed by atoms with van der Waals surface area (Å²) in [6.45, 7) is 0.768. The van der Waals surface area contributed by atoms with Crippen molar-refractivity contribution in [3.05, 3.63) is 121 Å². The molecule has 3 nitrogen and oxygen atoms in total. The lowest BCUT2D eigenvalue weighted by Gasteiger charge is -2.22. The van der Waals surface area contributed by atoms with Gasteiger partial charge in [-0.2, -0.15) is 0 Å². The summed E-state index contributed by atoms with van der Waals surface area (Å²) in [4.78, 5) is 15.9. The molecule has 5 rings (SSSR count). The number of ketones is 1. The number of anilines is 1. The highest BCUT2D eigenvalue weighted by Crippen LogP contribution is 2.41. The van der Waals surface area contributed by atoms with E-state index < -0.39 is 0 Å². The van der Waals surface area contributed by atoms with Crippen LogP contribution in [-0.4, -0.2) is 16.7 Å². The molecule has 1 aliphatic rings. The van der Waals surface area contributed by atoms with E-state index in [0.29, 0.717) is 11.3 Å². The van der Waals surface area contributed by atoms with Gasteiger partial charge >= 0.3 is 0 Å². The average molecular weight is 376 g/mol. The first-order valence-electron chi connectivity index (χ1n) is 9.73. The SMILES string of the molecule is O=C(c1ccccc1)c1c(-c2ccccc2)c(N2C=CC=CC2)c2ccccn12. The Balaban J connectivity index is 1.85. The summed E-state index contributed by atoms with van der Waals surface area (Å²) in [6, 6.07) is 25.8. The van der Waals surface area contributed by atoms with Gasteiger partial charge < -0.3 is 9.30 Å². The van der Waals surface area contributed by atoms with Gasteiger partial charge in [-0.05, 0) is 23.8 Å². The quantitative estimate of drug-likeness (QED) is 0.425. The number of nitrogens with zero attached hydrogens (tertiary/aromatic N) is 2. The number of allylic oxidation sites excluding steroid dienone is 2. The summed E-state index contributed by atoms with van der Waals surface area (Å²) < 4.78 is 2.03. The van der Waals surface area contributed by atoms with Crippen LogP contribution in [0, 0.1) is 0 Å². The zero-order valence-electron chi connectivity index (χ0n) is 15.9. The second-order valence-corrected chi connectivity index (χ2v) is 7.01. The van der Waals surface area contributed by atoms with Crippen molar-refractivity contribution in [2.24, 2.45) is 0 Å².